The molecular weight excluding hydrogens is 177 g/mol. The van der Waals surface area contributed by atoms with Crippen molar-refractivity contribution in [3.63, 3.8) is 0 Å². The van der Waals surface area contributed by atoms with Crippen molar-refractivity contribution in [2.24, 2.45) is 0 Å². The summed E-state index contributed by atoms with van der Waals surface area (Å²) in [5, 5.41) is 3.22. The van der Waals surface area contributed by atoms with Gasteiger partial charge in [0.15, 0.2) is 0 Å². The molecule has 1 aromatic rings. The lowest BCUT2D eigenvalue weighted by molar-refractivity contribution is 0.555. The summed E-state index contributed by atoms with van der Waals surface area (Å²) in [6.45, 7) is 2.67. The SMILES string of the molecule is C#CCC(C)NCc1cccc(F)c1. The maximum Gasteiger partial charge on any atom is 0.123 e. The standard InChI is InChI=1S/C12H14FN/c1-3-5-10(2)14-9-11-6-4-7-12(13)8-11/h1,4,6-8,10,14H,5,9H2,2H3. The first-order chi connectivity index (χ1) is 6.72. The zero-order valence-electron chi connectivity index (χ0n) is 8.26. The van der Waals surface area contributed by atoms with Gasteiger partial charge in [-0.15, -0.1) is 12.3 Å². The Hall–Kier alpha value is -1.33. The predicted octanol–water partition coefficient (Wildman–Crippen LogP) is 2.33. The number of rotatable bonds is 4. The van der Waals surface area contributed by atoms with E-state index in [-0.39, 0.29) is 11.9 Å². The van der Waals surface area contributed by atoms with Gasteiger partial charge in [0.05, 0.1) is 0 Å². The Morgan fingerprint density at radius 2 is 2.36 bits per heavy atom. The monoisotopic (exact) mass is 191 g/mol. The van der Waals surface area contributed by atoms with Crippen molar-refractivity contribution >= 4 is 0 Å². The maximum atomic E-state index is 12.8. The summed E-state index contributed by atoms with van der Waals surface area (Å²) in [6, 6.07) is 6.82. The van der Waals surface area contributed by atoms with Gasteiger partial charge in [0.1, 0.15) is 5.82 Å². The Bertz CT molecular complexity index is 327. The summed E-state index contributed by atoms with van der Waals surface area (Å²) in [4.78, 5) is 0. The smallest absolute Gasteiger partial charge is 0.123 e. The highest BCUT2D eigenvalue weighted by atomic mass is 19.1. The first kappa shape index (κ1) is 10.7. The van der Waals surface area contributed by atoms with E-state index < -0.39 is 0 Å². The molecule has 0 spiro atoms. The van der Waals surface area contributed by atoms with Crippen LogP contribution >= 0.6 is 0 Å². The molecule has 0 bridgehead atoms. The summed E-state index contributed by atoms with van der Waals surface area (Å²) in [7, 11) is 0. The Morgan fingerprint density at radius 1 is 1.57 bits per heavy atom. The van der Waals surface area contributed by atoms with Crippen molar-refractivity contribution in [2.75, 3.05) is 0 Å². The highest BCUT2D eigenvalue weighted by Gasteiger charge is 1.99. The summed E-state index contributed by atoms with van der Waals surface area (Å²) in [6.07, 6.45) is 5.86. The largest absolute Gasteiger partial charge is 0.309 e. The quantitative estimate of drug-likeness (QED) is 0.720. The number of hydrogen-bond acceptors (Lipinski definition) is 1. The normalized spacial score (nSPS) is 12.1. The minimum absolute atomic E-state index is 0.200. The molecule has 1 rings (SSSR count). The Balaban J connectivity index is 2.42. The molecule has 0 amide bonds. The van der Waals surface area contributed by atoms with E-state index in [0.717, 1.165) is 5.56 Å². The number of terminal acetylenes is 1. The lowest BCUT2D eigenvalue weighted by Gasteiger charge is -2.10. The van der Waals surface area contributed by atoms with E-state index in [1.165, 1.54) is 12.1 Å². The molecule has 0 saturated carbocycles. The van der Waals surface area contributed by atoms with Crippen LogP contribution in [0.25, 0.3) is 0 Å². The van der Waals surface area contributed by atoms with Gasteiger partial charge in [-0.1, -0.05) is 12.1 Å². The van der Waals surface area contributed by atoms with Crippen molar-refractivity contribution in [3.05, 3.63) is 35.6 Å². The van der Waals surface area contributed by atoms with Crippen LogP contribution in [0.3, 0.4) is 0 Å². The molecule has 0 radical (unpaired) electrons. The molecule has 1 aromatic carbocycles. The van der Waals surface area contributed by atoms with Crippen LogP contribution in [0, 0.1) is 18.2 Å². The fraction of sp³-hybridized carbons (Fsp3) is 0.333. The average Bonchev–Trinajstić information content (AvgIpc) is 2.15. The van der Waals surface area contributed by atoms with Crippen molar-refractivity contribution in [1.82, 2.24) is 5.32 Å². The lowest BCUT2D eigenvalue weighted by Crippen LogP contribution is -2.24. The molecule has 0 aromatic heterocycles. The zero-order chi connectivity index (χ0) is 10.4. The van der Waals surface area contributed by atoms with Gasteiger partial charge < -0.3 is 5.32 Å². The van der Waals surface area contributed by atoms with Crippen LogP contribution in [0.4, 0.5) is 4.39 Å². The van der Waals surface area contributed by atoms with Crippen molar-refractivity contribution in [3.8, 4) is 12.3 Å². The summed E-state index contributed by atoms with van der Waals surface area (Å²) < 4.78 is 12.8. The molecule has 74 valence electrons. The molecule has 0 heterocycles. The minimum atomic E-state index is -0.200. The molecule has 0 aliphatic rings. The van der Waals surface area contributed by atoms with Gasteiger partial charge in [0.2, 0.25) is 0 Å². The molecule has 0 aliphatic carbocycles. The van der Waals surface area contributed by atoms with Gasteiger partial charge in [-0.2, -0.15) is 0 Å². The molecule has 2 heteroatoms. The van der Waals surface area contributed by atoms with E-state index in [1.54, 1.807) is 6.07 Å². The van der Waals surface area contributed by atoms with Crippen molar-refractivity contribution < 1.29 is 4.39 Å². The van der Waals surface area contributed by atoms with E-state index in [0.29, 0.717) is 13.0 Å². The molecule has 1 nitrogen and oxygen atoms in total. The van der Waals surface area contributed by atoms with Crippen molar-refractivity contribution in [1.29, 1.82) is 0 Å². The van der Waals surface area contributed by atoms with E-state index in [1.807, 2.05) is 13.0 Å². The summed E-state index contributed by atoms with van der Waals surface area (Å²) in [5.41, 5.74) is 0.939. The molecule has 1 N–H and O–H groups in total. The zero-order valence-corrected chi connectivity index (χ0v) is 8.26. The highest BCUT2D eigenvalue weighted by Crippen LogP contribution is 2.03. The highest BCUT2D eigenvalue weighted by molar-refractivity contribution is 5.16. The third-order valence-electron chi connectivity index (χ3n) is 1.97. The van der Waals surface area contributed by atoms with Gasteiger partial charge in [-0.25, -0.2) is 4.39 Å². The molecule has 1 atom stereocenters. The first-order valence-corrected chi connectivity index (χ1v) is 4.63. The van der Waals surface area contributed by atoms with Crippen LogP contribution in [-0.4, -0.2) is 6.04 Å². The minimum Gasteiger partial charge on any atom is -0.309 e. The molecule has 1 unspecified atom stereocenters. The molecular formula is C12H14FN. The second-order valence-corrected chi connectivity index (χ2v) is 3.32. The Kier molecular flexibility index (Phi) is 4.15. The lowest BCUT2D eigenvalue weighted by atomic mass is 10.2. The average molecular weight is 191 g/mol. The first-order valence-electron chi connectivity index (χ1n) is 4.63. The number of halogens is 1. The van der Waals surface area contributed by atoms with Crippen LogP contribution in [-0.2, 0) is 6.54 Å². The van der Waals surface area contributed by atoms with Gasteiger partial charge in [-0.05, 0) is 24.6 Å². The van der Waals surface area contributed by atoms with E-state index in [2.05, 4.69) is 11.2 Å². The fourth-order valence-corrected chi connectivity index (χ4v) is 1.19. The Labute approximate surface area is 84.3 Å². The van der Waals surface area contributed by atoms with Gasteiger partial charge in [-0.3, -0.25) is 0 Å². The van der Waals surface area contributed by atoms with Gasteiger partial charge in [0, 0.05) is 19.0 Å². The van der Waals surface area contributed by atoms with Gasteiger partial charge in [0.25, 0.3) is 0 Å². The van der Waals surface area contributed by atoms with Crippen LogP contribution in [0.2, 0.25) is 0 Å². The van der Waals surface area contributed by atoms with Crippen LogP contribution in [0.1, 0.15) is 18.9 Å². The van der Waals surface area contributed by atoms with Gasteiger partial charge >= 0.3 is 0 Å². The maximum absolute atomic E-state index is 12.8. The molecule has 0 aliphatic heterocycles. The van der Waals surface area contributed by atoms with E-state index in [9.17, 15) is 4.39 Å². The number of benzene rings is 1. The third kappa shape index (κ3) is 3.59. The Morgan fingerprint density at radius 3 is 3.00 bits per heavy atom. The van der Waals surface area contributed by atoms with E-state index >= 15 is 0 Å². The predicted molar refractivity (Wildman–Crippen MR) is 56.2 cm³/mol. The summed E-state index contributed by atoms with van der Waals surface area (Å²) in [5.74, 6) is 2.38. The fourth-order valence-electron chi connectivity index (χ4n) is 1.19. The van der Waals surface area contributed by atoms with Crippen LogP contribution in [0.15, 0.2) is 24.3 Å². The second-order valence-electron chi connectivity index (χ2n) is 3.32. The van der Waals surface area contributed by atoms with Crippen LogP contribution in [0.5, 0.6) is 0 Å². The van der Waals surface area contributed by atoms with E-state index in [4.69, 9.17) is 6.42 Å². The molecule has 0 saturated heterocycles. The summed E-state index contributed by atoms with van der Waals surface area (Å²) >= 11 is 0. The van der Waals surface area contributed by atoms with Crippen LogP contribution < -0.4 is 5.32 Å². The number of nitrogens with one attached hydrogen (secondary N) is 1. The third-order valence-corrected chi connectivity index (χ3v) is 1.97. The number of hydrogen-bond donors (Lipinski definition) is 1. The molecule has 14 heavy (non-hydrogen) atoms. The topological polar surface area (TPSA) is 12.0 Å². The second kappa shape index (κ2) is 5.41. The van der Waals surface area contributed by atoms with Crippen molar-refractivity contribution in [2.45, 2.75) is 25.9 Å². The molecule has 0 fully saturated rings.